The van der Waals surface area contributed by atoms with Gasteiger partial charge in [0.1, 0.15) is 5.82 Å². The Balaban J connectivity index is 0.000000720. The molecule has 3 nitrogen and oxygen atoms in total. The number of nitrogens with zero attached hydrogens (tertiary/aromatic N) is 2. The van der Waals surface area contributed by atoms with E-state index in [1.165, 1.54) is 25.7 Å². The highest BCUT2D eigenvalue weighted by Gasteiger charge is 2.18. The lowest BCUT2D eigenvalue weighted by Crippen LogP contribution is -1.98. The molecule has 0 aliphatic heterocycles. The van der Waals surface area contributed by atoms with E-state index in [9.17, 15) is 0 Å². The Bertz CT molecular complexity index is 216. The van der Waals surface area contributed by atoms with Crippen LogP contribution >= 0.6 is 0 Å². The van der Waals surface area contributed by atoms with Crippen LogP contribution < -0.4 is 6.15 Å². The Morgan fingerprint density at radius 1 is 1.08 bits per heavy atom. The summed E-state index contributed by atoms with van der Waals surface area (Å²) >= 11 is 0. The van der Waals surface area contributed by atoms with Crippen molar-refractivity contribution >= 4 is 0 Å². The smallest absolute Gasteiger partial charge is 0.131 e. The summed E-state index contributed by atoms with van der Waals surface area (Å²) in [6.07, 6.45) is 8.93. The molecule has 1 heterocycles. The van der Waals surface area contributed by atoms with Crippen molar-refractivity contribution in [2.45, 2.75) is 31.6 Å². The summed E-state index contributed by atoms with van der Waals surface area (Å²) in [5.74, 6) is 1.70. The van der Waals surface area contributed by atoms with Gasteiger partial charge in [-0.15, -0.1) is 0 Å². The lowest BCUT2D eigenvalue weighted by atomic mass is 10.1. The van der Waals surface area contributed by atoms with Crippen LogP contribution in [0.4, 0.5) is 0 Å². The fraction of sp³-hybridized carbons (Fsp3) is 0.556. The van der Waals surface area contributed by atoms with Gasteiger partial charge in [-0.2, -0.15) is 0 Å². The van der Waals surface area contributed by atoms with Crippen LogP contribution in [-0.4, -0.2) is 9.97 Å². The van der Waals surface area contributed by atoms with Gasteiger partial charge in [0, 0.05) is 18.3 Å². The third-order valence-corrected chi connectivity index (χ3v) is 2.31. The Labute approximate surface area is 72.8 Å². The van der Waals surface area contributed by atoms with Crippen molar-refractivity contribution in [3.8, 4) is 0 Å². The predicted octanol–water partition coefficient (Wildman–Crippen LogP) is 2.30. The molecular weight excluding hydrogens is 150 g/mol. The van der Waals surface area contributed by atoms with Crippen LogP contribution in [-0.2, 0) is 0 Å². The average Bonchev–Trinajstić information content (AvgIpc) is 2.58. The molecule has 1 aliphatic carbocycles. The van der Waals surface area contributed by atoms with E-state index < -0.39 is 0 Å². The predicted molar refractivity (Wildman–Crippen MR) is 48.3 cm³/mol. The first-order chi connectivity index (χ1) is 5.47. The first-order valence-electron chi connectivity index (χ1n) is 4.24. The summed E-state index contributed by atoms with van der Waals surface area (Å²) in [4.78, 5) is 8.50. The van der Waals surface area contributed by atoms with Gasteiger partial charge in [0.2, 0.25) is 0 Å². The first kappa shape index (κ1) is 9.13. The zero-order chi connectivity index (χ0) is 7.52. The number of rotatable bonds is 1. The van der Waals surface area contributed by atoms with Gasteiger partial charge < -0.3 is 6.15 Å². The van der Waals surface area contributed by atoms with Crippen molar-refractivity contribution in [3.63, 3.8) is 0 Å². The largest absolute Gasteiger partial charge is 0.344 e. The lowest BCUT2D eigenvalue weighted by Gasteiger charge is -2.04. The van der Waals surface area contributed by atoms with Crippen LogP contribution in [0.5, 0.6) is 0 Å². The van der Waals surface area contributed by atoms with Gasteiger partial charge in [-0.05, 0) is 18.9 Å². The lowest BCUT2D eigenvalue weighted by molar-refractivity contribution is 0.667. The standard InChI is InChI=1S/C9H12N2.H3N/c1-2-5-8(4-1)9-10-6-3-7-11-9;/h3,6-8H,1-2,4-5H2;1H3. The van der Waals surface area contributed by atoms with Crippen LogP contribution in [0, 0.1) is 0 Å². The molecule has 0 amide bonds. The Morgan fingerprint density at radius 2 is 1.67 bits per heavy atom. The third-order valence-electron chi connectivity index (χ3n) is 2.31. The van der Waals surface area contributed by atoms with E-state index in [2.05, 4.69) is 9.97 Å². The number of aromatic nitrogens is 2. The minimum Gasteiger partial charge on any atom is -0.344 e. The molecule has 0 spiro atoms. The SMILES string of the molecule is N.c1cnc(C2CCCC2)nc1. The van der Waals surface area contributed by atoms with Crippen molar-refractivity contribution < 1.29 is 0 Å². The number of hydrogen-bond donors (Lipinski definition) is 1. The second-order valence-corrected chi connectivity index (χ2v) is 3.09. The van der Waals surface area contributed by atoms with Gasteiger partial charge in [-0.3, -0.25) is 0 Å². The van der Waals surface area contributed by atoms with Crippen molar-refractivity contribution in [2.75, 3.05) is 0 Å². The maximum Gasteiger partial charge on any atom is 0.131 e. The van der Waals surface area contributed by atoms with Gasteiger partial charge in [0.25, 0.3) is 0 Å². The molecule has 1 aliphatic rings. The van der Waals surface area contributed by atoms with E-state index in [-0.39, 0.29) is 6.15 Å². The average molecular weight is 165 g/mol. The van der Waals surface area contributed by atoms with Crippen LogP contribution in [0.25, 0.3) is 0 Å². The summed E-state index contributed by atoms with van der Waals surface area (Å²) in [6, 6.07) is 1.87. The highest BCUT2D eigenvalue weighted by Crippen LogP contribution is 2.31. The summed E-state index contributed by atoms with van der Waals surface area (Å²) < 4.78 is 0. The highest BCUT2D eigenvalue weighted by molar-refractivity contribution is 4.98. The van der Waals surface area contributed by atoms with Crippen LogP contribution in [0.1, 0.15) is 37.4 Å². The van der Waals surface area contributed by atoms with Gasteiger partial charge in [-0.25, -0.2) is 9.97 Å². The van der Waals surface area contributed by atoms with E-state index in [0.717, 1.165) is 5.82 Å². The van der Waals surface area contributed by atoms with E-state index in [1.54, 1.807) is 0 Å². The molecule has 0 bridgehead atoms. The molecule has 0 aromatic carbocycles. The molecule has 3 N–H and O–H groups in total. The maximum absolute atomic E-state index is 4.25. The zero-order valence-electron chi connectivity index (χ0n) is 7.24. The van der Waals surface area contributed by atoms with E-state index in [0.29, 0.717) is 5.92 Å². The fourth-order valence-electron chi connectivity index (χ4n) is 1.71. The zero-order valence-corrected chi connectivity index (χ0v) is 7.24. The van der Waals surface area contributed by atoms with Gasteiger partial charge in [0.15, 0.2) is 0 Å². The molecular formula is C9H15N3. The fourth-order valence-corrected chi connectivity index (χ4v) is 1.71. The van der Waals surface area contributed by atoms with E-state index in [4.69, 9.17) is 0 Å². The molecule has 3 heteroatoms. The Hall–Kier alpha value is -0.960. The van der Waals surface area contributed by atoms with Crippen molar-refractivity contribution in [3.05, 3.63) is 24.3 Å². The van der Waals surface area contributed by atoms with Crippen LogP contribution in [0.2, 0.25) is 0 Å². The molecule has 12 heavy (non-hydrogen) atoms. The summed E-state index contributed by atoms with van der Waals surface area (Å²) in [5.41, 5.74) is 0. The normalized spacial score (nSPS) is 17.3. The van der Waals surface area contributed by atoms with E-state index in [1.807, 2.05) is 18.5 Å². The minimum atomic E-state index is 0. The maximum atomic E-state index is 4.25. The molecule has 0 atom stereocenters. The monoisotopic (exact) mass is 165 g/mol. The van der Waals surface area contributed by atoms with Crippen molar-refractivity contribution in [1.29, 1.82) is 0 Å². The van der Waals surface area contributed by atoms with Gasteiger partial charge in [-0.1, -0.05) is 12.8 Å². The quantitative estimate of drug-likeness (QED) is 0.694. The molecule has 1 aromatic heterocycles. The van der Waals surface area contributed by atoms with Crippen LogP contribution in [0.15, 0.2) is 18.5 Å². The molecule has 1 fully saturated rings. The minimum absolute atomic E-state index is 0. The Morgan fingerprint density at radius 3 is 2.25 bits per heavy atom. The molecule has 1 saturated carbocycles. The molecule has 0 saturated heterocycles. The molecule has 0 radical (unpaired) electrons. The summed E-state index contributed by atoms with van der Waals surface area (Å²) in [7, 11) is 0. The molecule has 66 valence electrons. The molecule has 1 aromatic rings. The summed E-state index contributed by atoms with van der Waals surface area (Å²) in [5, 5.41) is 0. The summed E-state index contributed by atoms with van der Waals surface area (Å²) in [6.45, 7) is 0. The first-order valence-corrected chi connectivity index (χ1v) is 4.24. The topological polar surface area (TPSA) is 60.8 Å². The van der Waals surface area contributed by atoms with Gasteiger partial charge >= 0.3 is 0 Å². The van der Waals surface area contributed by atoms with Crippen molar-refractivity contribution in [2.24, 2.45) is 0 Å². The van der Waals surface area contributed by atoms with Crippen molar-refractivity contribution in [1.82, 2.24) is 16.1 Å². The molecule has 0 unspecified atom stereocenters. The Kier molecular flexibility index (Phi) is 3.17. The van der Waals surface area contributed by atoms with Crippen LogP contribution in [0.3, 0.4) is 0 Å². The third kappa shape index (κ3) is 1.80. The highest BCUT2D eigenvalue weighted by atomic mass is 14.9. The second kappa shape index (κ2) is 4.16. The second-order valence-electron chi connectivity index (χ2n) is 3.09. The van der Waals surface area contributed by atoms with Gasteiger partial charge in [0.05, 0.1) is 0 Å². The van der Waals surface area contributed by atoms with E-state index >= 15 is 0 Å². The number of hydrogen-bond acceptors (Lipinski definition) is 3. The molecule has 2 rings (SSSR count).